The van der Waals surface area contributed by atoms with Gasteiger partial charge in [0, 0.05) is 25.0 Å². The highest BCUT2D eigenvalue weighted by atomic mass is 15.2. The number of imidazole rings is 1. The number of rotatable bonds is 4. The molecule has 1 aromatic rings. The second kappa shape index (κ2) is 3.40. The average Bonchev–Trinajstić information content (AvgIpc) is 2.74. The van der Waals surface area contributed by atoms with Gasteiger partial charge in [0.15, 0.2) is 0 Å². The molecule has 2 unspecified atom stereocenters. The Labute approximate surface area is 79.2 Å². The predicted molar refractivity (Wildman–Crippen MR) is 53.7 cm³/mol. The molecule has 1 aliphatic carbocycles. The normalized spacial score (nSPS) is 26.0. The van der Waals surface area contributed by atoms with Gasteiger partial charge in [-0.15, -0.1) is 0 Å². The van der Waals surface area contributed by atoms with Crippen molar-refractivity contribution in [3.8, 4) is 0 Å². The molecule has 1 heterocycles. The van der Waals surface area contributed by atoms with Crippen molar-refractivity contribution < 1.29 is 0 Å². The summed E-state index contributed by atoms with van der Waals surface area (Å²) in [4.78, 5) is 4.29. The lowest BCUT2D eigenvalue weighted by molar-refractivity contribution is 0.740. The van der Waals surface area contributed by atoms with E-state index in [-0.39, 0.29) is 0 Å². The van der Waals surface area contributed by atoms with E-state index in [1.165, 1.54) is 12.8 Å². The van der Waals surface area contributed by atoms with Crippen LogP contribution in [0.5, 0.6) is 0 Å². The highest BCUT2D eigenvalue weighted by Crippen LogP contribution is 2.35. The Hall–Kier alpha value is -0.990. The molecule has 0 radical (unpaired) electrons. The summed E-state index contributed by atoms with van der Waals surface area (Å²) >= 11 is 0. The number of nitrogens with one attached hydrogen (secondary N) is 1. The number of hydrogen-bond acceptors (Lipinski definition) is 2. The van der Waals surface area contributed by atoms with Crippen LogP contribution in [0.4, 0.5) is 5.95 Å². The fourth-order valence-corrected chi connectivity index (χ4v) is 1.75. The van der Waals surface area contributed by atoms with Crippen molar-refractivity contribution in [1.82, 2.24) is 9.55 Å². The van der Waals surface area contributed by atoms with Crippen LogP contribution < -0.4 is 5.32 Å². The monoisotopic (exact) mass is 179 g/mol. The van der Waals surface area contributed by atoms with Gasteiger partial charge in [-0.1, -0.05) is 13.3 Å². The Morgan fingerprint density at radius 3 is 3.08 bits per heavy atom. The summed E-state index contributed by atoms with van der Waals surface area (Å²) in [5.41, 5.74) is 0. The van der Waals surface area contributed by atoms with Gasteiger partial charge in [0.25, 0.3) is 0 Å². The zero-order chi connectivity index (χ0) is 9.26. The minimum absolute atomic E-state index is 0.678. The molecule has 1 fully saturated rings. The molecule has 0 aromatic carbocycles. The molecule has 3 heteroatoms. The van der Waals surface area contributed by atoms with E-state index in [1.807, 2.05) is 12.4 Å². The Balaban J connectivity index is 1.95. The van der Waals surface area contributed by atoms with Crippen LogP contribution in [-0.4, -0.2) is 15.6 Å². The summed E-state index contributed by atoms with van der Waals surface area (Å²) in [6.07, 6.45) is 6.47. The maximum atomic E-state index is 4.29. The second-order valence-corrected chi connectivity index (χ2v) is 3.69. The van der Waals surface area contributed by atoms with Crippen LogP contribution in [-0.2, 0) is 6.54 Å². The van der Waals surface area contributed by atoms with Gasteiger partial charge in [-0.2, -0.15) is 0 Å². The van der Waals surface area contributed by atoms with E-state index in [0.29, 0.717) is 6.04 Å². The molecule has 0 amide bonds. The lowest BCUT2D eigenvalue weighted by Crippen LogP contribution is -2.10. The van der Waals surface area contributed by atoms with Crippen molar-refractivity contribution in [3.05, 3.63) is 12.4 Å². The fourth-order valence-electron chi connectivity index (χ4n) is 1.75. The first-order valence-electron chi connectivity index (χ1n) is 5.12. The molecule has 3 nitrogen and oxygen atoms in total. The number of aromatic nitrogens is 2. The van der Waals surface area contributed by atoms with Crippen LogP contribution in [0.1, 0.15) is 26.7 Å². The van der Waals surface area contributed by atoms with Gasteiger partial charge < -0.3 is 9.88 Å². The van der Waals surface area contributed by atoms with Crippen LogP contribution in [0.3, 0.4) is 0 Å². The van der Waals surface area contributed by atoms with Crippen molar-refractivity contribution in [3.63, 3.8) is 0 Å². The third-order valence-corrected chi connectivity index (χ3v) is 2.82. The van der Waals surface area contributed by atoms with E-state index in [4.69, 9.17) is 0 Å². The van der Waals surface area contributed by atoms with E-state index in [1.54, 1.807) is 0 Å². The molecular formula is C10H17N3. The fraction of sp³-hybridized carbons (Fsp3) is 0.700. The maximum absolute atomic E-state index is 4.29. The molecule has 2 rings (SSSR count). The third-order valence-electron chi connectivity index (χ3n) is 2.82. The molecular weight excluding hydrogens is 162 g/mol. The summed E-state index contributed by atoms with van der Waals surface area (Å²) in [6, 6.07) is 0.678. The number of hydrogen-bond donors (Lipinski definition) is 1. The van der Waals surface area contributed by atoms with Gasteiger partial charge in [-0.05, 0) is 19.3 Å². The van der Waals surface area contributed by atoms with Crippen LogP contribution in [0.25, 0.3) is 0 Å². The zero-order valence-electron chi connectivity index (χ0n) is 8.33. The molecule has 2 atom stereocenters. The Morgan fingerprint density at radius 2 is 2.46 bits per heavy atom. The van der Waals surface area contributed by atoms with E-state index >= 15 is 0 Å². The summed E-state index contributed by atoms with van der Waals surface area (Å²) in [5.74, 6) is 1.91. The maximum Gasteiger partial charge on any atom is 0.202 e. The molecule has 13 heavy (non-hydrogen) atoms. The largest absolute Gasteiger partial charge is 0.353 e. The highest BCUT2D eigenvalue weighted by molar-refractivity contribution is 5.30. The Kier molecular flexibility index (Phi) is 2.25. The number of nitrogens with zero attached hydrogens (tertiary/aromatic N) is 2. The number of anilines is 1. The van der Waals surface area contributed by atoms with Gasteiger partial charge in [-0.3, -0.25) is 0 Å². The molecule has 0 saturated heterocycles. The summed E-state index contributed by atoms with van der Waals surface area (Å²) in [5, 5.41) is 3.47. The van der Waals surface area contributed by atoms with E-state index < -0.39 is 0 Å². The molecule has 1 aliphatic rings. The summed E-state index contributed by atoms with van der Waals surface area (Å²) in [6.45, 7) is 5.38. The number of aryl methyl sites for hydroxylation is 1. The van der Waals surface area contributed by atoms with Crippen molar-refractivity contribution in [1.29, 1.82) is 0 Å². The first-order valence-corrected chi connectivity index (χ1v) is 5.12. The van der Waals surface area contributed by atoms with Gasteiger partial charge in [-0.25, -0.2) is 4.98 Å². The molecule has 72 valence electrons. The summed E-state index contributed by atoms with van der Waals surface area (Å²) in [7, 11) is 0. The van der Waals surface area contributed by atoms with Crippen LogP contribution in [0.2, 0.25) is 0 Å². The van der Waals surface area contributed by atoms with Gasteiger partial charge in [0.05, 0.1) is 0 Å². The minimum Gasteiger partial charge on any atom is -0.353 e. The van der Waals surface area contributed by atoms with Gasteiger partial charge in [0.2, 0.25) is 5.95 Å². The first kappa shape index (κ1) is 8.60. The third kappa shape index (κ3) is 1.69. The van der Waals surface area contributed by atoms with E-state index in [9.17, 15) is 0 Å². The molecule has 1 saturated carbocycles. The zero-order valence-corrected chi connectivity index (χ0v) is 8.33. The quantitative estimate of drug-likeness (QED) is 0.767. The van der Waals surface area contributed by atoms with Gasteiger partial charge >= 0.3 is 0 Å². The van der Waals surface area contributed by atoms with Crippen molar-refractivity contribution >= 4 is 5.95 Å². The van der Waals surface area contributed by atoms with Crippen molar-refractivity contribution in [2.75, 3.05) is 5.32 Å². The van der Waals surface area contributed by atoms with Gasteiger partial charge in [0.1, 0.15) is 0 Å². The van der Waals surface area contributed by atoms with Crippen LogP contribution >= 0.6 is 0 Å². The Morgan fingerprint density at radius 1 is 1.62 bits per heavy atom. The smallest absolute Gasteiger partial charge is 0.202 e. The standard InChI is InChI=1S/C10H17N3/c1-3-8-7-9(8)12-10-11-5-6-13(10)4-2/h5-6,8-9H,3-4,7H2,1-2H3,(H,11,12). The van der Waals surface area contributed by atoms with Crippen molar-refractivity contribution in [2.24, 2.45) is 5.92 Å². The lowest BCUT2D eigenvalue weighted by Gasteiger charge is -2.06. The highest BCUT2D eigenvalue weighted by Gasteiger charge is 2.35. The lowest BCUT2D eigenvalue weighted by atomic mass is 10.3. The van der Waals surface area contributed by atoms with Crippen molar-refractivity contribution in [2.45, 2.75) is 39.3 Å². The topological polar surface area (TPSA) is 29.9 Å². The van der Waals surface area contributed by atoms with E-state index in [2.05, 4.69) is 28.7 Å². The summed E-state index contributed by atoms with van der Waals surface area (Å²) < 4.78 is 2.14. The second-order valence-electron chi connectivity index (χ2n) is 3.69. The average molecular weight is 179 g/mol. The van der Waals surface area contributed by atoms with E-state index in [0.717, 1.165) is 18.4 Å². The molecule has 1 N–H and O–H groups in total. The minimum atomic E-state index is 0.678. The molecule has 0 bridgehead atoms. The molecule has 0 spiro atoms. The Bertz CT molecular complexity index is 279. The predicted octanol–water partition coefficient (Wildman–Crippen LogP) is 2.11. The molecule has 0 aliphatic heterocycles. The first-order chi connectivity index (χ1) is 6.35. The van der Waals surface area contributed by atoms with Crippen LogP contribution in [0, 0.1) is 5.92 Å². The SMILES string of the molecule is CCC1CC1Nc1nccn1CC. The van der Waals surface area contributed by atoms with Crippen LogP contribution in [0.15, 0.2) is 12.4 Å². The molecule has 1 aromatic heterocycles.